The lowest BCUT2D eigenvalue weighted by atomic mass is 9.84. The predicted molar refractivity (Wildman–Crippen MR) is 136 cm³/mol. The highest BCUT2D eigenvalue weighted by molar-refractivity contribution is 5.85. The first-order valence-electron chi connectivity index (χ1n) is 12.8. The zero-order valence-corrected chi connectivity index (χ0v) is 21.7. The van der Waals surface area contributed by atoms with Crippen LogP contribution in [0.4, 0.5) is 8.78 Å². The highest BCUT2D eigenvalue weighted by Gasteiger charge is 2.39. The number of carbonyl (C=O) groups is 1. The number of amides is 1. The summed E-state index contributed by atoms with van der Waals surface area (Å²) in [5.41, 5.74) is 16.6. The third-order valence-corrected chi connectivity index (χ3v) is 7.06. The van der Waals surface area contributed by atoms with Gasteiger partial charge in [0.1, 0.15) is 11.9 Å². The maximum absolute atomic E-state index is 12.7. The SMILES string of the molecule is C=C(O)C(C)OC(C)CC(OC1CC(CN=C(N)C(F)F)CCC1N)C(N)CNC(=O)C1(O)CCNC1. The lowest BCUT2D eigenvalue weighted by molar-refractivity contribution is -0.138. The molecule has 1 heterocycles. The van der Waals surface area contributed by atoms with Gasteiger partial charge in [-0.2, -0.15) is 0 Å². The van der Waals surface area contributed by atoms with Crippen LogP contribution in [-0.2, 0) is 14.3 Å². The van der Waals surface area contributed by atoms with E-state index in [9.17, 15) is 23.8 Å². The molecular formula is C24H44F2N6O5. The van der Waals surface area contributed by atoms with Gasteiger partial charge in [-0.1, -0.05) is 6.58 Å². The molecule has 1 aliphatic heterocycles. The molecule has 1 saturated carbocycles. The lowest BCUT2D eigenvalue weighted by Gasteiger charge is -2.38. The Balaban J connectivity index is 2.07. The number of nitrogens with zero attached hydrogens (tertiary/aromatic N) is 1. The second-order valence-corrected chi connectivity index (χ2v) is 10.3. The summed E-state index contributed by atoms with van der Waals surface area (Å²) in [7, 11) is 0. The number of alkyl halides is 2. The molecule has 0 aromatic carbocycles. The minimum absolute atomic E-state index is 0.0331. The molecule has 10 N–H and O–H groups in total. The minimum Gasteiger partial charge on any atom is -0.510 e. The second kappa shape index (κ2) is 14.3. The molecule has 0 bridgehead atoms. The van der Waals surface area contributed by atoms with Gasteiger partial charge in [0, 0.05) is 38.1 Å². The largest absolute Gasteiger partial charge is 0.510 e. The van der Waals surface area contributed by atoms with Crippen LogP contribution in [0.1, 0.15) is 46.0 Å². The topological polar surface area (TPSA) is 190 Å². The lowest BCUT2D eigenvalue weighted by Crippen LogP contribution is -2.55. The molecule has 37 heavy (non-hydrogen) atoms. The summed E-state index contributed by atoms with van der Waals surface area (Å²) in [4.78, 5) is 16.3. The summed E-state index contributed by atoms with van der Waals surface area (Å²) in [6.45, 7) is 7.85. The van der Waals surface area contributed by atoms with Crippen molar-refractivity contribution in [3.8, 4) is 0 Å². The zero-order valence-electron chi connectivity index (χ0n) is 21.7. The monoisotopic (exact) mass is 534 g/mol. The van der Waals surface area contributed by atoms with Gasteiger partial charge in [-0.05, 0) is 52.0 Å². The van der Waals surface area contributed by atoms with Gasteiger partial charge < -0.3 is 47.5 Å². The summed E-state index contributed by atoms with van der Waals surface area (Å²) < 4.78 is 37.6. The Morgan fingerprint density at radius 2 is 2.05 bits per heavy atom. The number of amidine groups is 1. The molecule has 2 fully saturated rings. The van der Waals surface area contributed by atoms with Crippen molar-refractivity contribution in [2.75, 3.05) is 26.2 Å². The van der Waals surface area contributed by atoms with E-state index in [0.29, 0.717) is 38.6 Å². The van der Waals surface area contributed by atoms with Crippen molar-refractivity contribution in [1.82, 2.24) is 10.6 Å². The van der Waals surface area contributed by atoms with Crippen LogP contribution in [-0.4, -0.2) is 96.7 Å². The Labute approximate surface area is 217 Å². The molecule has 8 unspecified atom stereocenters. The van der Waals surface area contributed by atoms with Crippen molar-refractivity contribution in [2.24, 2.45) is 28.1 Å². The van der Waals surface area contributed by atoms with E-state index in [1.54, 1.807) is 13.8 Å². The number of aliphatic hydroxyl groups is 2. The fourth-order valence-electron chi connectivity index (χ4n) is 4.61. The Morgan fingerprint density at radius 3 is 2.65 bits per heavy atom. The molecule has 2 aliphatic rings. The van der Waals surface area contributed by atoms with Crippen LogP contribution in [0.3, 0.4) is 0 Å². The number of hydrogen-bond donors (Lipinski definition) is 7. The molecule has 11 nitrogen and oxygen atoms in total. The van der Waals surface area contributed by atoms with E-state index < -0.39 is 48.1 Å². The molecule has 214 valence electrons. The summed E-state index contributed by atoms with van der Waals surface area (Å²) in [6.07, 6.45) is -2.38. The summed E-state index contributed by atoms with van der Waals surface area (Å²) >= 11 is 0. The Bertz CT molecular complexity index is 783. The number of nitrogens with one attached hydrogen (secondary N) is 2. The number of ether oxygens (including phenoxy) is 2. The van der Waals surface area contributed by atoms with Crippen molar-refractivity contribution < 1.29 is 33.3 Å². The number of β-amino-alcohol motifs (C(OH)–C–C–N with tert-alkyl or cyclic N) is 1. The van der Waals surface area contributed by atoms with Crippen LogP contribution in [0.5, 0.6) is 0 Å². The molecular weight excluding hydrogens is 490 g/mol. The third-order valence-electron chi connectivity index (χ3n) is 7.06. The first-order valence-corrected chi connectivity index (χ1v) is 12.8. The smallest absolute Gasteiger partial charge is 0.294 e. The van der Waals surface area contributed by atoms with Gasteiger partial charge in [-0.15, -0.1) is 0 Å². The molecule has 1 amide bonds. The van der Waals surface area contributed by atoms with Gasteiger partial charge in [0.15, 0.2) is 11.4 Å². The van der Waals surface area contributed by atoms with E-state index in [-0.39, 0.29) is 43.5 Å². The first-order chi connectivity index (χ1) is 17.3. The van der Waals surface area contributed by atoms with Gasteiger partial charge in [0.25, 0.3) is 12.3 Å². The maximum Gasteiger partial charge on any atom is 0.294 e. The summed E-state index contributed by atoms with van der Waals surface area (Å²) in [6, 6.07) is -0.963. The molecule has 0 aromatic rings. The van der Waals surface area contributed by atoms with Crippen molar-refractivity contribution in [2.45, 2.75) is 94.5 Å². The molecule has 0 spiro atoms. The van der Waals surface area contributed by atoms with Crippen molar-refractivity contribution in [1.29, 1.82) is 0 Å². The molecule has 0 radical (unpaired) electrons. The standard InChI is InChI=1S/C24H44F2N6O5/c1-13(36-15(3)14(2)33)8-19(18(28)11-32-23(34)24(35)6-7-30-12-24)37-20-9-16(4-5-17(20)27)10-31-22(29)21(25)26/h13,15-21,30,33,35H,2,4-12,27-28H2,1,3H3,(H2,29,31)(H,32,34). The van der Waals surface area contributed by atoms with E-state index >= 15 is 0 Å². The molecule has 1 aliphatic carbocycles. The van der Waals surface area contributed by atoms with E-state index in [0.717, 1.165) is 0 Å². The predicted octanol–water partition coefficient (Wildman–Crippen LogP) is -0.0868. The van der Waals surface area contributed by atoms with Crippen LogP contribution in [0, 0.1) is 5.92 Å². The number of rotatable bonds is 14. The molecule has 8 atom stereocenters. The quantitative estimate of drug-likeness (QED) is 0.0907. The van der Waals surface area contributed by atoms with Crippen LogP contribution >= 0.6 is 0 Å². The summed E-state index contributed by atoms with van der Waals surface area (Å²) in [5, 5.41) is 25.8. The highest BCUT2D eigenvalue weighted by Crippen LogP contribution is 2.28. The molecule has 2 rings (SSSR count). The van der Waals surface area contributed by atoms with Gasteiger partial charge in [0.05, 0.1) is 18.3 Å². The van der Waals surface area contributed by atoms with Crippen LogP contribution < -0.4 is 27.8 Å². The van der Waals surface area contributed by atoms with Crippen molar-refractivity contribution in [3.63, 3.8) is 0 Å². The third kappa shape index (κ3) is 9.73. The molecule has 0 aromatic heterocycles. The number of aliphatic hydroxyl groups excluding tert-OH is 1. The van der Waals surface area contributed by atoms with Crippen LogP contribution in [0.25, 0.3) is 0 Å². The van der Waals surface area contributed by atoms with Gasteiger partial charge in [-0.25, -0.2) is 8.78 Å². The average molecular weight is 535 g/mol. The number of nitrogens with two attached hydrogens (primary N) is 3. The van der Waals surface area contributed by atoms with Crippen LogP contribution in [0.15, 0.2) is 17.3 Å². The van der Waals surface area contributed by atoms with Crippen molar-refractivity contribution >= 4 is 11.7 Å². The minimum atomic E-state index is -2.80. The normalized spacial score (nSPS) is 30.1. The number of aliphatic imine (C=N–C) groups is 1. The highest BCUT2D eigenvalue weighted by atomic mass is 19.3. The van der Waals surface area contributed by atoms with Crippen LogP contribution in [0.2, 0.25) is 0 Å². The Morgan fingerprint density at radius 1 is 1.35 bits per heavy atom. The second-order valence-electron chi connectivity index (χ2n) is 10.3. The van der Waals surface area contributed by atoms with E-state index in [2.05, 4.69) is 22.2 Å². The number of halogens is 2. The Hall–Kier alpha value is -1.90. The maximum atomic E-state index is 12.7. The first kappa shape index (κ1) is 31.3. The Kier molecular flexibility index (Phi) is 12.1. The van der Waals surface area contributed by atoms with E-state index in [1.165, 1.54) is 0 Å². The fraction of sp³-hybridized carbons (Fsp3) is 0.833. The van der Waals surface area contributed by atoms with Gasteiger partial charge in [-0.3, -0.25) is 9.79 Å². The fourth-order valence-corrected chi connectivity index (χ4v) is 4.61. The van der Waals surface area contributed by atoms with Gasteiger partial charge >= 0.3 is 0 Å². The van der Waals surface area contributed by atoms with Gasteiger partial charge in [0.2, 0.25) is 0 Å². The number of hydrogen-bond acceptors (Lipinski definition) is 9. The molecule has 13 heteroatoms. The molecule has 1 saturated heterocycles. The zero-order chi connectivity index (χ0) is 27.8. The van der Waals surface area contributed by atoms with E-state index in [1.807, 2.05) is 0 Å². The van der Waals surface area contributed by atoms with Crippen molar-refractivity contribution in [3.05, 3.63) is 12.3 Å². The average Bonchev–Trinajstić information content (AvgIpc) is 3.29. The summed E-state index contributed by atoms with van der Waals surface area (Å²) in [5.74, 6) is -1.34. The number of carbonyl (C=O) groups excluding carboxylic acids is 1. The van der Waals surface area contributed by atoms with E-state index in [4.69, 9.17) is 26.7 Å².